The molecule has 3 heteroatoms. The van der Waals surface area contributed by atoms with Crippen molar-refractivity contribution < 1.29 is 4.79 Å². The van der Waals surface area contributed by atoms with Crippen molar-refractivity contribution in [2.75, 3.05) is 26.2 Å². The Hall–Kier alpha value is -2.39. The smallest absolute Gasteiger partial charge is 0.237 e. The molecule has 0 atom stereocenters. The third-order valence-corrected chi connectivity index (χ3v) is 5.28. The van der Waals surface area contributed by atoms with Crippen LogP contribution in [0.15, 0.2) is 60.7 Å². The number of nitrogens with zero attached hydrogens (tertiary/aromatic N) is 2. The van der Waals surface area contributed by atoms with Crippen molar-refractivity contribution in [1.82, 2.24) is 9.80 Å². The van der Waals surface area contributed by atoms with Gasteiger partial charge in [0.05, 0.1) is 6.54 Å². The van der Waals surface area contributed by atoms with Crippen LogP contribution in [-0.4, -0.2) is 41.9 Å². The van der Waals surface area contributed by atoms with Gasteiger partial charge >= 0.3 is 0 Å². The summed E-state index contributed by atoms with van der Waals surface area (Å²) in [5.41, 5.74) is 5.39. The van der Waals surface area contributed by atoms with E-state index in [4.69, 9.17) is 0 Å². The van der Waals surface area contributed by atoms with Crippen LogP contribution < -0.4 is 0 Å². The maximum atomic E-state index is 12.7. The van der Waals surface area contributed by atoms with E-state index in [1.165, 1.54) is 22.3 Å². The molecule has 2 aromatic carbocycles. The maximum absolute atomic E-state index is 12.7. The third-order valence-electron chi connectivity index (χ3n) is 5.28. The molecule has 0 bridgehead atoms. The summed E-state index contributed by atoms with van der Waals surface area (Å²) in [5.74, 6) is 0.256. The van der Waals surface area contributed by atoms with E-state index < -0.39 is 0 Å². The standard InChI is InChI=1S/C22H24N2O/c25-22(24-15-12-19-8-4-5-9-21(19)16-24)17-23-13-10-20(11-14-23)18-6-2-1-3-7-18/h1-10H,11-17H2. The molecule has 0 unspecified atom stereocenters. The first-order chi connectivity index (χ1) is 12.3. The quantitative estimate of drug-likeness (QED) is 0.860. The van der Waals surface area contributed by atoms with Crippen molar-refractivity contribution in [2.24, 2.45) is 0 Å². The van der Waals surface area contributed by atoms with Gasteiger partial charge in [0.2, 0.25) is 5.91 Å². The van der Waals surface area contributed by atoms with Crippen molar-refractivity contribution in [1.29, 1.82) is 0 Å². The first-order valence-electron chi connectivity index (χ1n) is 9.11. The number of fused-ring (bicyclic) bond motifs is 1. The topological polar surface area (TPSA) is 23.6 Å². The lowest BCUT2D eigenvalue weighted by molar-refractivity contribution is -0.133. The van der Waals surface area contributed by atoms with Gasteiger partial charge in [-0.05, 0) is 35.1 Å². The molecule has 2 aliphatic heterocycles. The lowest BCUT2D eigenvalue weighted by Gasteiger charge is -2.32. The van der Waals surface area contributed by atoms with Crippen LogP contribution in [0.25, 0.3) is 5.57 Å². The lowest BCUT2D eigenvalue weighted by Crippen LogP contribution is -2.43. The zero-order chi connectivity index (χ0) is 17.1. The highest BCUT2D eigenvalue weighted by molar-refractivity contribution is 5.79. The molecular formula is C22H24N2O. The van der Waals surface area contributed by atoms with Crippen LogP contribution in [0.1, 0.15) is 23.1 Å². The molecule has 2 aliphatic rings. The number of carbonyl (C=O) groups excluding carboxylic acids is 1. The molecule has 2 aromatic rings. The summed E-state index contributed by atoms with van der Waals surface area (Å²) in [5, 5.41) is 0. The Morgan fingerprint density at radius 2 is 1.64 bits per heavy atom. The van der Waals surface area contributed by atoms with Gasteiger partial charge in [0.1, 0.15) is 0 Å². The fourth-order valence-corrected chi connectivity index (χ4v) is 3.77. The molecule has 0 spiro atoms. The zero-order valence-corrected chi connectivity index (χ0v) is 14.5. The Morgan fingerprint density at radius 3 is 2.40 bits per heavy atom. The molecule has 0 radical (unpaired) electrons. The highest BCUT2D eigenvalue weighted by atomic mass is 16.2. The Kier molecular flexibility index (Phi) is 4.66. The van der Waals surface area contributed by atoms with Crippen molar-refractivity contribution in [3.63, 3.8) is 0 Å². The highest BCUT2D eigenvalue weighted by Crippen LogP contribution is 2.23. The molecule has 25 heavy (non-hydrogen) atoms. The third kappa shape index (κ3) is 3.67. The van der Waals surface area contributed by atoms with E-state index in [-0.39, 0.29) is 5.91 Å². The SMILES string of the molecule is O=C(CN1CC=C(c2ccccc2)CC1)N1CCc2ccccc2C1. The monoisotopic (exact) mass is 332 g/mol. The van der Waals surface area contributed by atoms with Crippen molar-refractivity contribution in [3.8, 4) is 0 Å². The van der Waals surface area contributed by atoms with Crippen molar-refractivity contribution in [2.45, 2.75) is 19.4 Å². The van der Waals surface area contributed by atoms with Gasteiger partial charge in [-0.1, -0.05) is 60.7 Å². The van der Waals surface area contributed by atoms with Gasteiger partial charge in [0.15, 0.2) is 0 Å². The van der Waals surface area contributed by atoms with E-state index in [1.54, 1.807) is 0 Å². The number of amides is 1. The van der Waals surface area contributed by atoms with Crippen molar-refractivity contribution in [3.05, 3.63) is 77.4 Å². The summed E-state index contributed by atoms with van der Waals surface area (Å²) < 4.78 is 0. The number of carbonyl (C=O) groups is 1. The molecule has 0 saturated heterocycles. The molecule has 0 N–H and O–H groups in total. The van der Waals surface area contributed by atoms with Gasteiger partial charge in [0.25, 0.3) is 0 Å². The van der Waals surface area contributed by atoms with E-state index >= 15 is 0 Å². The Bertz CT molecular complexity index is 782. The van der Waals surface area contributed by atoms with Crippen LogP contribution in [0, 0.1) is 0 Å². The average Bonchev–Trinajstić information content (AvgIpc) is 2.69. The molecule has 4 rings (SSSR count). The molecule has 128 valence electrons. The number of hydrogen-bond acceptors (Lipinski definition) is 2. The van der Waals surface area contributed by atoms with Gasteiger partial charge in [0, 0.05) is 26.2 Å². The molecule has 0 fully saturated rings. The van der Waals surface area contributed by atoms with Gasteiger partial charge in [-0.2, -0.15) is 0 Å². The van der Waals surface area contributed by atoms with Crippen LogP contribution in [-0.2, 0) is 17.8 Å². The first kappa shape index (κ1) is 16.1. The second-order valence-electron chi connectivity index (χ2n) is 6.91. The van der Waals surface area contributed by atoms with Crippen LogP contribution in [0.3, 0.4) is 0 Å². The van der Waals surface area contributed by atoms with E-state index in [1.807, 2.05) is 4.90 Å². The minimum absolute atomic E-state index is 0.256. The molecule has 2 heterocycles. The van der Waals surface area contributed by atoms with E-state index in [0.29, 0.717) is 6.54 Å². The number of hydrogen-bond donors (Lipinski definition) is 0. The largest absolute Gasteiger partial charge is 0.337 e. The molecular weight excluding hydrogens is 308 g/mol. The first-order valence-corrected chi connectivity index (χ1v) is 9.11. The van der Waals surface area contributed by atoms with E-state index in [9.17, 15) is 4.79 Å². The zero-order valence-electron chi connectivity index (χ0n) is 14.5. The lowest BCUT2D eigenvalue weighted by atomic mass is 9.99. The fraction of sp³-hybridized carbons (Fsp3) is 0.318. The maximum Gasteiger partial charge on any atom is 0.237 e. The predicted molar refractivity (Wildman–Crippen MR) is 101 cm³/mol. The normalized spacial score (nSPS) is 17.8. The molecule has 3 nitrogen and oxygen atoms in total. The molecule has 0 aliphatic carbocycles. The molecule has 1 amide bonds. The average molecular weight is 332 g/mol. The Balaban J connectivity index is 1.34. The molecule has 0 saturated carbocycles. The minimum Gasteiger partial charge on any atom is -0.337 e. The Morgan fingerprint density at radius 1 is 0.880 bits per heavy atom. The Labute approximate surface area is 149 Å². The van der Waals surface area contributed by atoms with Crippen LogP contribution in [0.5, 0.6) is 0 Å². The van der Waals surface area contributed by atoms with Gasteiger partial charge < -0.3 is 4.90 Å². The second-order valence-corrected chi connectivity index (χ2v) is 6.91. The minimum atomic E-state index is 0.256. The van der Waals surface area contributed by atoms with Crippen LogP contribution >= 0.6 is 0 Å². The van der Waals surface area contributed by atoms with E-state index in [0.717, 1.165) is 39.0 Å². The van der Waals surface area contributed by atoms with Gasteiger partial charge in [-0.3, -0.25) is 9.69 Å². The van der Waals surface area contributed by atoms with Crippen LogP contribution in [0.4, 0.5) is 0 Å². The highest BCUT2D eigenvalue weighted by Gasteiger charge is 2.23. The summed E-state index contributed by atoms with van der Waals surface area (Å²) >= 11 is 0. The summed E-state index contributed by atoms with van der Waals surface area (Å²) in [6.07, 6.45) is 4.26. The van der Waals surface area contributed by atoms with Crippen LogP contribution in [0.2, 0.25) is 0 Å². The van der Waals surface area contributed by atoms with Crippen molar-refractivity contribution >= 4 is 11.5 Å². The summed E-state index contributed by atoms with van der Waals surface area (Å²) in [6.45, 7) is 3.95. The van der Waals surface area contributed by atoms with Gasteiger partial charge in [-0.15, -0.1) is 0 Å². The fourth-order valence-electron chi connectivity index (χ4n) is 3.77. The summed E-state index contributed by atoms with van der Waals surface area (Å²) in [6, 6.07) is 19.0. The van der Waals surface area contributed by atoms with E-state index in [2.05, 4.69) is 65.6 Å². The number of rotatable bonds is 3. The summed E-state index contributed by atoms with van der Waals surface area (Å²) in [7, 11) is 0. The predicted octanol–water partition coefficient (Wildman–Crippen LogP) is 3.36. The molecule has 0 aromatic heterocycles. The summed E-state index contributed by atoms with van der Waals surface area (Å²) in [4.78, 5) is 17.0. The van der Waals surface area contributed by atoms with Gasteiger partial charge in [-0.25, -0.2) is 0 Å². The second kappa shape index (κ2) is 7.24. The number of benzene rings is 2.